The lowest BCUT2D eigenvalue weighted by atomic mass is 10.3. The van der Waals surface area contributed by atoms with Crippen molar-refractivity contribution in [2.24, 2.45) is 9.98 Å². The molecule has 1 heterocycles. The van der Waals surface area contributed by atoms with Gasteiger partial charge in [0.1, 0.15) is 5.16 Å². The molecule has 19 heavy (non-hydrogen) atoms. The number of rotatable bonds is 4. The quantitative estimate of drug-likeness (QED) is 0.282. The van der Waals surface area contributed by atoms with E-state index in [9.17, 15) is 4.79 Å². The summed E-state index contributed by atoms with van der Waals surface area (Å²) in [5, 5.41) is 2.49. The first kappa shape index (κ1) is 15.5. The number of thiazole rings is 1. The van der Waals surface area contributed by atoms with Gasteiger partial charge in [-0.05, 0) is 27.5 Å². The molecule has 0 fully saturated rings. The van der Waals surface area contributed by atoms with Crippen molar-refractivity contribution in [3.63, 3.8) is 0 Å². The van der Waals surface area contributed by atoms with Crippen molar-refractivity contribution in [3.05, 3.63) is 26.8 Å². The minimum atomic E-state index is -0.505. The molecule has 0 saturated carbocycles. The van der Waals surface area contributed by atoms with Gasteiger partial charge in [0.15, 0.2) is 10.8 Å². The summed E-state index contributed by atoms with van der Waals surface area (Å²) >= 11 is 7.35. The number of nitrogens with zero attached hydrogens (tertiary/aromatic N) is 3. The van der Waals surface area contributed by atoms with Crippen LogP contribution in [0.3, 0.4) is 0 Å². The number of aryl methyl sites for hydroxylation is 1. The van der Waals surface area contributed by atoms with E-state index >= 15 is 0 Å². The van der Waals surface area contributed by atoms with Crippen molar-refractivity contribution in [1.82, 2.24) is 4.98 Å². The highest BCUT2D eigenvalue weighted by atomic mass is 35.5. The van der Waals surface area contributed by atoms with Gasteiger partial charge in [0.25, 0.3) is 0 Å². The minimum absolute atomic E-state index is 0.0219. The molecule has 0 bridgehead atoms. The smallest absolute Gasteiger partial charge is 0.336 e. The van der Waals surface area contributed by atoms with Gasteiger partial charge in [-0.3, -0.25) is 0 Å². The van der Waals surface area contributed by atoms with Crippen LogP contribution < -0.4 is 0 Å². The van der Waals surface area contributed by atoms with Crippen LogP contribution in [0.2, 0.25) is 0 Å². The van der Waals surface area contributed by atoms with Gasteiger partial charge in [-0.25, -0.2) is 19.8 Å². The fraction of sp³-hybridized carbons (Fsp3) is 0.333. The summed E-state index contributed by atoms with van der Waals surface area (Å²) in [7, 11) is 0. The normalized spacial score (nSPS) is 12.9. The molecule has 102 valence electrons. The van der Waals surface area contributed by atoms with Crippen LogP contribution >= 0.6 is 22.9 Å². The predicted octanol–water partition coefficient (Wildman–Crippen LogP) is 2.93. The Morgan fingerprint density at radius 2 is 2.32 bits per heavy atom. The molecule has 0 N–H and O–H groups in total. The number of esters is 1. The van der Waals surface area contributed by atoms with Gasteiger partial charge < -0.3 is 4.74 Å². The van der Waals surface area contributed by atoms with E-state index < -0.39 is 5.97 Å². The second-order valence-electron chi connectivity index (χ2n) is 3.52. The average molecular weight is 300 g/mol. The highest BCUT2D eigenvalue weighted by Crippen LogP contribution is 2.17. The summed E-state index contributed by atoms with van der Waals surface area (Å²) < 4.78 is 4.84. The maximum atomic E-state index is 11.5. The zero-order valence-corrected chi connectivity index (χ0v) is 12.5. The van der Waals surface area contributed by atoms with Crippen LogP contribution in [0.4, 0.5) is 0 Å². The summed E-state index contributed by atoms with van der Waals surface area (Å²) in [6.07, 6.45) is 0. The van der Waals surface area contributed by atoms with E-state index in [-0.39, 0.29) is 23.2 Å². The highest BCUT2D eigenvalue weighted by molar-refractivity contribution is 7.11. The van der Waals surface area contributed by atoms with Crippen molar-refractivity contribution >= 4 is 41.5 Å². The summed E-state index contributed by atoms with van der Waals surface area (Å²) in [5.41, 5.74) is 1.08. The number of carbonyl (C=O) groups excluding carboxylic acids is 1. The van der Waals surface area contributed by atoms with E-state index in [2.05, 4.69) is 21.7 Å². The molecule has 0 aromatic carbocycles. The number of halogens is 1. The highest BCUT2D eigenvalue weighted by Gasteiger charge is 2.12. The Bertz CT molecular complexity index is 549. The number of aromatic nitrogens is 1. The third kappa shape index (κ3) is 4.25. The Morgan fingerprint density at radius 1 is 1.63 bits per heavy atom. The number of amidine groups is 1. The summed E-state index contributed by atoms with van der Waals surface area (Å²) in [6.45, 7) is 8.83. The molecule has 7 heteroatoms. The zero-order valence-electron chi connectivity index (χ0n) is 10.9. The van der Waals surface area contributed by atoms with Crippen molar-refractivity contribution in [3.8, 4) is 0 Å². The van der Waals surface area contributed by atoms with E-state index in [4.69, 9.17) is 16.3 Å². The van der Waals surface area contributed by atoms with Gasteiger partial charge in [-0.1, -0.05) is 11.6 Å². The second-order valence-corrected chi connectivity index (χ2v) is 4.74. The third-order valence-corrected chi connectivity index (χ3v) is 3.38. The van der Waals surface area contributed by atoms with Gasteiger partial charge in [0.2, 0.25) is 0 Å². The fourth-order valence-electron chi connectivity index (χ4n) is 1.11. The lowest BCUT2D eigenvalue weighted by molar-refractivity contribution is -0.138. The Hall–Kier alpha value is -1.53. The van der Waals surface area contributed by atoms with Crippen LogP contribution in [0.25, 0.3) is 0 Å². The van der Waals surface area contributed by atoms with Crippen LogP contribution in [0.15, 0.2) is 26.1 Å². The van der Waals surface area contributed by atoms with Crippen LogP contribution in [0.1, 0.15) is 24.5 Å². The fourth-order valence-corrected chi connectivity index (χ4v) is 2.01. The first-order valence-electron chi connectivity index (χ1n) is 5.51. The Balaban J connectivity index is 3.07. The summed E-state index contributed by atoms with van der Waals surface area (Å²) in [6, 6.07) is 0. The Labute approximate surface area is 120 Å². The molecule has 0 spiro atoms. The molecule has 0 unspecified atom stereocenters. The SMILES string of the molecule is C=N/C(=N\C(Cl)=C(/C)C(=O)OCC)c1nc(C)cs1. The summed E-state index contributed by atoms with van der Waals surface area (Å²) in [4.78, 5) is 23.6. The standard InChI is InChI=1S/C12H14ClN3O2S/c1-5-18-12(17)8(3)9(13)16-10(14-4)11-15-7(2)6-19-11/h6H,4-5H2,1-3H3/b9-8+,16-10-. The van der Waals surface area contributed by atoms with Crippen molar-refractivity contribution in [2.75, 3.05) is 6.61 Å². The molecule has 0 aliphatic carbocycles. The molecule has 0 aliphatic rings. The number of hydrogen-bond donors (Lipinski definition) is 0. The topological polar surface area (TPSA) is 63.9 Å². The second kappa shape index (κ2) is 7.16. The number of ether oxygens (including phenoxy) is 1. The summed E-state index contributed by atoms with van der Waals surface area (Å²) in [5.74, 6) is -0.221. The van der Waals surface area contributed by atoms with Gasteiger partial charge in [-0.2, -0.15) is 0 Å². The first-order chi connectivity index (χ1) is 8.99. The molecule has 1 aromatic rings. The van der Waals surface area contributed by atoms with Crippen LogP contribution in [-0.4, -0.2) is 30.1 Å². The molecular weight excluding hydrogens is 286 g/mol. The Morgan fingerprint density at radius 3 is 2.79 bits per heavy atom. The van der Waals surface area contributed by atoms with Gasteiger partial charge in [0.05, 0.1) is 12.2 Å². The molecule has 1 aromatic heterocycles. The van der Waals surface area contributed by atoms with E-state index in [0.717, 1.165) is 5.69 Å². The molecule has 1 rings (SSSR count). The number of carbonyl (C=O) groups is 1. The molecule has 0 saturated heterocycles. The van der Waals surface area contributed by atoms with Crippen LogP contribution in [-0.2, 0) is 9.53 Å². The Kier molecular flexibility index (Phi) is 5.85. The largest absolute Gasteiger partial charge is 0.463 e. The van der Waals surface area contributed by atoms with Gasteiger partial charge >= 0.3 is 5.97 Å². The molecule has 5 nitrogen and oxygen atoms in total. The number of aliphatic imine (C=N–C) groups is 2. The van der Waals surface area contributed by atoms with Crippen LogP contribution in [0, 0.1) is 6.92 Å². The van der Waals surface area contributed by atoms with Gasteiger partial charge in [0, 0.05) is 11.1 Å². The first-order valence-corrected chi connectivity index (χ1v) is 6.76. The number of hydrogen-bond acceptors (Lipinski definition) is 5. The van der Waals surface area contributed by atoms with E-state index in [1.54, 1.807) is 6.92 Å². The predicted molar refractivity (Wildman–Crippen MR) is 78.1 cm³/mol. The van der Waals surface area contributed by atoms with E-state index in [1.807, 2.05) is 12.3 Å². The van der Waals surface area contributed by atoms with E-state index in [0.29, 0.717) is 5.01 Å². The van der Waals surface area contributed by atoms with Gasteiger partial charge in [-0.15, -0.1) is 11.3 Å². The third-order valence-electron chi connectivity index (χ3n) is 2.06. The van der Waals surface area contributed by atoms with Crippen molar-refractivity contribution < 1.29 is 9.53 Å². The minimum Gasteiger partial charge on any atom is -0.463 e. The lowest BCUT2D eigenvalue weighted by Gasteiger charge is -2.02. The van der Waals surface area contributed by atoms with E-state index in [1.165, 1.54) is 18.3 Å². The maximum Gasteiger partial charge on any atom is 0.336 e. The molecule has 0 amide bonds. The maximum absolute atomic E-state index is 11.5. The molecular formula is C12H14ClN3O2S. The zero-order chi connectivity index (χ0) is 14.4. The molecule has 0 aliphatic heterocycles. The van der Waals surface area contributed by atoms with Crippen molar-refractivity contribution in [1.29, 1.82) is 0 Å². The van der Waals surface area contributed by atoms with Crippen molar-refractivity contribution in [2.45, 2.75) is 20.8 Å². The monoisotopic (exact) mass is 299 g/mol. The molecule has 0 atom stereocenters. The lowest BCUT2D eigenvalue weighted by Crippen LogP contribution is -2.06. The van der Waals surface area contributed by atoms with Crippen LogP contribution in [0.5, 0.6) is 0 Å². The molecule has 0 radical (unpaired) electrons. The average Bonchev–Trinajstić information content (AvgIpc) is 2.81.